The number of anilines is 2. The van der Waals surface area contributed by atoms with E-state index in [1.54, 1.807) is 24.3 Å². The van der Waals surface area contributed by atoms with Gasteiger partial charge in [-0.15, -0.1) is 0 Å². The Morgan fingerprint density at radius 2 is 1.05 bits per heavy atom. The van der Waals surface area contributed by atoms with Crippen LogP contribution >= 0.6 is 0 Å². The molecule has 2 fully saturated rings. The lowest BCUT2D eigenvalue weighted by Gasteiger charge is -2.26. The number of nitrogens with zero attached hydrogens (tertiary/aromatic N) is 4. The van der Waals surface area contributed by atoms with E-state index < -0.39 is 34.1 Å². The quantitative estimate of drug-likeness (QED) is 0.160. The van der Waals surface area contributed by atoms with Crippen LogP contribution in [0.4, 0.5) is 11.4 Å². The maximum atomic E-state index is 13.9. The Hall–Kier alpha value is -4.59. The van der Waals surface area contributed by atoms with E-state index in [1.807, 2.05) is 6.92 Å². The zero-order chi connectivity index (χ0) is 42.1. The maximum absolute atomic E-state index is 13.9. The number of methoxy groups -OCH3 is 1. The smallest absolute Gasteiger partial charge is 0.257 e. The first-order valence-electron chi connectivity index (χ1n) is 19.9. The highest BCUT2D eigenvalue weighted by Crippen LogP contribution is 2.40. The fourth-order valence-corrected chi connectivity index (χ4v) is 8.87. The molecule has 314 valence electrons. The van der Waals surface area contributed by atoms with Gasteiger partial charge in [-0.3, -0.25) is 38.6 Å². The second-order valence-corrected chi connectivity index (χ2v) is 29.1. The Bertz CT molecular complexity index is 1980. The number of amides is 4. The number of Topliss-reactive ketones (excluding diaryl/α,β-unsaturated/α-hetero) is 2. The molecule has 0 aromatic heterocycles. The third kappa shape index (κ3) is 9.48. The van der Waals surface area contributed by atoms with E-state index in [-0.39, 0.29) is 93.2 Å². The second kappa shape index (κ2) is 17.3. The normalized spacial score (nSPS) is 19.6. The number of hydrogen-bond donors (Lipinski definition) is 0. The molecule has 0 bridgehead atoms. The van der Waals surface area contributed by atoms with E-state index in [9.17, 15) is 28.8 Å². The summed E-state index contributed by atoms with van der Waals surface area (Å²) in [6.07, 6.45) is 0.332. The molecule has 4 aliphatic rings. The average Bonchev–Trinajstić information content (AvgIpc) is 3.72. The van der Waals surface area contributed by atoms with Gasteiger partial charge in [-0.25, -0.2) is 0 Å². The molecule has 0 unspecified atom stereocenters. The van der Waals surface area contributed by atoms with Crippen molar-refractivity contribution in [2.75, 3.05) is 69.9 Å². The summed E-state index contributed by atoms with van der Waals surface area (Å²) in [5, 5.41) is 0. The monoisotopic (exact) mass is 836 g/mol. The summed E-state index contributed by atoms with van der Waals surface area (Å²) in [7, 11) is -1.36. The number of ketones is 2. The first kappa shape index (κ1) is 43.0. The lowest BCUT2D eigenvalue weighted by molar-refractivity contribution is -0.124. The number of aryl methyl sites for hydroxylation is 1. The van der Waals surface area contributed by atoms with E-state index >= 15 is 0 Å². The fraction of sp³-hybridized carbons (Fsp3) is 0.561. The van der Waals surface area contributed by atoms with Gasteiger partial charge < -0.3 is 33.5 Å². The Labute approximate surface area is 341 Å². The van der Waals surface area contributed by atoms with Gasteiger partial charge in [-0.05, 0) is 36.7 Å². The van der Waals surface area contributed by atoms with E-state index in [0.29, 0.717) is 53.6 Å². The minimum atomic E-state index is -1.42. The average molecular weight is 837 g/mol. The zero-order valence-electron chi connectivity index (χ0n) is 34.9. The third-order valence-electron chi connectivity index (χ3n) is 10.8. The summed E-state index contributed by atoms with van der Waals surface area (Å²) in [6, 6.07) is 6.54. The number of fused-ring (bicyclic) bond motifs is 4. The SMILES string of the molecule is COc1cc2c(cc1OCCCOc1cc3c(cc1C)C(=O)N1CC(=O)C[C@H]1C(=O)N3COCC[Si](C)(C)C)N(COCC[Si](C)(C)C)C(=O)[C@@H]1CC(=O)CN1C2=O. The van der Waals surface area contributed by atoms with Crippen LogP contribution < -0.4 is 24.0 Å². The Morgan fingerprint density at radius 1 is 0.603 bits per heavy atom. The Morgan fingerprint density at radius 3 is 1.52 bits per heavy atom. The number of hydrogen-bond acceptors (Lipinski definition) is 11. The third-order valence-corrected chi connectivity index (χ3v) is 14.2. The molecule has 2 saturated heterocycles. The number of rotatable bonds is 17. The standard InChI is InChI=1S/C41H56N4O11Si2/c1-26-16-29-31(44(24-53-12-14-57(3,4)5)40(50)33-17-27(46)22-42(33)38(29)48)20-35(26)55-10-9-11-56-37-21-32-30(19-36(37)52-2)39(49)43-23-28(47)18-34(43)41(51)45(32)25-54-13-15-58(6,7)8/h16,19-21,33-34H,9-15,17-18,22-25H2,1-8H3/t33-,34-/m0/s1. The second-order valence-electron chi connectivity index (χ2n) is 17.8. The van der Waals surface area contributed by atoms with Crippen LogP contribution in [0.25, 0.3) is 0 Å². The van der Waals surface area contributed by atoms with Gasteiger partial charge in [0.25, 0.3) is 23.6 Å². The minimum absolute atomic E-state index is 0.0293. The van der Waals surface area contributed by atoms with Crippen molar-refractivity contribution in [1.82, 2.24) is 9.80 Å². The molecule has 4 aliphatic heterocycles. The minimum Gasteiger partial charge on any atom is -0.493 e. The van der Waals surface area contributed by atoms with Crippen molar-refractivity contribution in [3.63, 3.8) is 0 Å². The molecule has 6 rings (SSSR count). The molecule has 0 saturated carbocycles. The topological polar surface area (TPSA) is 162 Å². The molecular formula is C41H56N4O11Si2. The molecule has 4 heterocycles. The molecular weight excluding hydrogens is 781 g/mol. The van der Waals surface area contributed by atoms with Gasteiger partial charge in [-0.1, -0.05) is 39.3 Å². The van der Waals surface area contributed by atoms with Crippen LogP contribution in [-0.4, -0.2) is 133 Å². The van der Waals surface area contributed by atoms with Crippen LogP contribution in [0.5, 0.6) is 17.2 Å². The predicted molar refractivity (Wildman–Crippen MR) is 222 cm³/mol. The van der Waals surface area contributed by atoms with E-state index in [1.165, 1.54) is 26.7 Å². The largest absolute Gasteiger partial charge is 0.493 e. The molecule has 2 atom stereocenters. The van der Waals surface area contributed by atoms with E-state index in [0.717, 1.165) is 12.1 Å². The highest BCUT2D eigenvalue weighted by molar-refractivity contribution is 6.76. The number of ether oxygens (including phenoxy) is 5. The molecule has 0 aliphatic carbocycles. The van der Waals surface area contributed by atoms with Gasteiger partial charge >= 0.3 is 0 Å². The molecule has 58 heavy (non-hydrogen) atoms. The number of carbonyl (C=O) groups excluding carboxylic acids is 6. The van der Waals surface area contributed by atoms with Gasteiger partial charge in [0.2, 0.25) is 0 Å². The molecule has 0 spiro atoms. The highest BCUT2D eigenvalue weighted by atomic mass is 28.3. The first-order chi connectivity index (χ1) is 27.4. The predicted octanol–water partition coefficient (Wildman–Crippen LogP) is 4.74. The molecule has 0 radical (unpaired) electrons. The van der Waals surface area contributed by atoms with Crippen LogP contribution in [0.2, 0.25) is 51.4 Å². The van der Waals surface area contributed by atoms with Crippen molar-refractivity contribution in [2.45, 2.75) is 89.6 Å². The lowest BCUT2D eigenvalue weighted by Crippen LogP contribution is -2.45. The van der Waals surface area contributed by atoms with Gasteiger partial charge in [0, 0.05) is 60.8 Å². The number of carbonyl (C=O) groups is 6. The fourth-order valence-electron chi connectivity index (χ4n) is 7.36. The summed E-state index contributed by atoms with van der Waals surface area (Å²) in [5.41, 5.74) is 1.90. The van der Waals surface area contributed by atoms with Crippen LogP contribution in [0.3, 0.4) is 0 Å². The van der Waals surface area contributed by atoms with Crippen molar-refractivity contribution in [1.29, 1.82) is 0 Å². The van der Waals surface area contributed by atoms with Crippen molar-refractivity contribution >= 4 is 62.7 Å². The van der Waals surface area contributed by atoms with Crippen molar-refractivity contribution in [3.8, 4) is 17.2 Å². The molecule has 0 N–H and O–H groups in total. The Balaban J connectivity index is 1.17. The van der Waals surface area contributed by atoms with Crippen LogP contribution in [0.15, 0.2) is 24.3 Å². The lowest BCUT2D eigenvalue weighted by atomic mass is 10.1. The molecule has 2 aromatic rings. The summed E-state index contributed by atoms with van der Waals surface area (Å²) < 4.78 is 30.0. The van der Waals surface area contributed by atoms with Gasteiger partial charge in [0.05, 0.1) is 55.9 Å². The molecule has 4 amide bonds. The van der Waals surface area contributed by atoms with Crippen LogP contribution in [-0.2, 0) is 28.7 Å². The Kier molecular flexibility index (Phi) is 12.8. The molecule has 2 aromatic carbocycles. The highest BCUT2D eigenvalue weighted by Gasteiger charge is 2.47. The van der Waals surface area contributed by atoms with Gasteiger partial charge in [0.15, 0.2) is 23.1 Å². The van der Waals surface area contributed by atoms with Crippen molar-refractivity contribution in [3.05, 3.63) is 41.0 Å². The van der Waals surface area contributed by atoms with Gasteiger partial charge in [0.1, 0.15) is 31.3 Å². The summed E-state index contributed by atoms with van der Waals surface area (Å²) in [4.78, 5) is 85.6. The van der Waals surface area contributed by atoms with E-state index in [4.69, 9.17) is 23.7 Å². The van der Waals surface area contributed by atoms with Crippen LogP contribution in [0.1, 0.15) is 45.5 Å². The molecule has 17 heteroatoms. The zero-order valence-corrected chi connectivity index (χ0v) is 36.9. The maximum Gasteiger partial charge on any atom is 0.257 e. The summed E-state index contributed by atoms with van der Waals surface area (Å²) >= 11 is 0. The summed E-state index contributed by atoms with van der Waals surface area (Å²) in [6.45, 7) is 16.2. The van der Waals surface area contributed by atoms with Crippen LogP contribution in [0, 0.1) is 6.92 Å². The van der Waals surface area contributed by atoms with Crippen molar-refractivity contribution in [2.24, 2.45) is 0 Å². The van der Waals surface area contributed by atoms with E-state index in [2.05, 4.69) is 39.3 Å². The van der Waals surface area contributed by atoms with Gasteiger partial charge in [-0.2, -0.15) is 0 Å². The van der Waals surface area contributed by atoms with Crippen molar-refractivity contribution < 1.29 is 52.5 Å². The molecule has 15 nitrogen and oxygen atoms in total. The first-order valence-corrected chi connectivity index (χ1v) is 27.3. The summed E-state index contributed by atoms with van der Waals surface area (Å²) in [5.74, 6) is -0.821. The number of benzene rings is 2.